The van der Waals surface area contributed by atoms with E-state index in [0.717, 1.165) is 29.1 Å². The average molecular weight is 326 g/mol. The number of benzene rings is 1. The van der Waals surface area contributed by atoms with Crippen molar-refractivity contribution in [2.45, 2.75) is 19.0 Å². The molecule has 1 aliphatic heterocycles. The van der Waals surface area contributed by atoms with Gasteiger partial charge in [-0.2, -0.15) is 0 Å². The summed E-state index contributed by atoms with van der Waals surface area (Å²) in [6.45, 7) is 1.07. The third kappa shape index (κ3) is 3.76. The summed E-state index contributed by atoms with van der Waals surface area (Å²) in [6.07, 6.45) is 2.52. The van der Waals surface area contributed by atoms with Gasteiger partial charge in [-0.05, 0) is 23.8 Å². The highest BCUT2D eigenvalue weighted by Gasteiger charge is 2.22. The maximum Gasteiger partial charge on any atom is 0.315 e. The molecule has 2 aromatic rings. The maximum atomic E-state index is 12.2. The van der Waals surface area contributed by atoms with E-state index >= 15 is 0 Å². The largest absolute Gasteiger partial charge is 0.493 e. The van der Waals surface area contributed by atoms with E-state index in [9.17, 15) is 4.79 Å². The molecule has 1 aromatic heterocycles. The number of rotatable bonds is 4. The summed E-state index contributed by atoms with van der Waals surface area (Å²) >= 11 is 0. The summed E-state index contributed by atoms with van der Waals surface area (Å²) in [7, 11) is 3.88. The summed E-state index contributed by atoms with van der Waals surface area (Å²) in [5.74, 6) is 1.71. The van der Waals surface area contributed by atoms with Crippen LogP contribution in [0.25, 0.3) is 0 Å². The van der Waals surface area contributed by atoms with E-state index in [1.54, 1.807) is 6.20 Å². The fraction of sp³-hybridized carbons (Fsp3) is 0.333. The number of amides is 2. The summed E-state index contributed by atoms with van der Waals surface area (Å²) in [5, 5.41) is 5.93. The number of urea groups is 1. The normalized spacial score (nSPS) is 15.8. The van der Waals surface area contributed by atoms with Gasteiger partial charge in [-0.1, -0.05) is 18.2 Å². The van der Waals surface area contributed by atoms with Crippen LogP contribution >= 0.6 is 0 Å². The van der Waals surface area contributed by atoms with Crippen LogP contribution in [0, 0.1) is 0 Å². The molecule has 1 aliphatic rings. The Morgan fingerprint density at radius 2 is 2.17 bits per heavy atom. The molecule has 24 heavy (non-hydrogen) atoms. The van der Waals surface area contributed by atoms with Crippen LogP contribution in [-0.4, -0.2) is 31.7 Å². The molecule has 1 atom stereocenters. The number of nitrogens with one attached hydrogen (secondary N) is 2. The molecule has 0 spiro atoms. The van der Waals surface area contributed by atoms with Gasteiger partial charge < -0.3 is 20.3 Å². The first-order chi connectivity index (χ1) is 11.6. The SMILES string of the molecule is CN(C)c1cc(CNC(=O)N[C@@H]2CCOc3ccccc32)ccn1. The van der Waals surface area contributed by atoms with Crippen LogP contribution in [0.5, 0.6) is 5.75 Å². The number of carbonyl (C=O) groups is 1. The van der Waals surface area contributed by atoms with Crippen molar-refractivity contribution < 1.29 is 9.53 Å². The number of aromatic nitrogens is 1. The zero-order chi connectivity index (χ0) is 16.9. The Morgan fingerprint density at radius 1 is 1.33 bits per heavy atom. The van der Waals surface area contributed by atoms with Gasteiger partial charge in [-0.15, -0.1) is 0 Å². The van der Waals surface area contributed by atoms with Crippen molar-refractivity contribution in [1.29, 1.82) is 0 Å². The number of fused-ring (bicyclic) bond motifs is 1. The Hall–Kier alpha value is -2.76. The molecule has 3 rings (SSSR count). The van der Waals surface area contributed by atoms with Crippen molar-refractivity contribution in [1.82, 2.24) is 15.6 Å². The number of carbonyl (C=O) groups excluding carboxylic acids is 1. The van der Waals surface area contributed by atoms with Crippen LogP contribution in [0.3, 0.4) is 0 Å². The molecule has 0 bridgehead atoms. The number of pyridine rings is 1. The predicted octanol–water partition coefficient (Wildman–Crippen LogP) is 2.47. The first kappa shape index (κ1) is 16.1. The van der Waals surface area contributed by atoms with Gasteiger partial charge in [0.1, 0.15) is 11.6 Å². The van der Waals surface area contributed by atoms with Crippen LogP contribution in [0.4, 0.5) is 10.6 Å². The minimum Gasteiger partial charge on any atom is -0.493 e. The molecular weight excluding hydrogens is 304 g/mol. The Morgan fingerprint density at radius 3 is 3.00 bits per heavy atom. The lowest BCUT2D eigenvalue weighted by molar-refractivity contribution is 0.223. The van der Waals surface area contributed by atoms with Gasteiger partial charge in [0.25, 0.3) is 0 Å². The van der Waals surface area contributed by atoms with Crippen molar-refractivity contribution in [3.63, 3.8) is 0 Å². The lowest BCUT2D eigenvalue weighted by Gasteiger charge is -2.26. The summed E-state index contributed by atoms with van der Waals surface area (Å²) in [4.78, 5) is 18.4. The second-order valence-corrected chi connectivity index (χ2v) is 5.97. The quantitative estimate of drug-likeness (QED) is 0.906. The van der Waals surface area contributed by atoms with Gasteiger partial charge >= 0.3 is 6.03 Å². The molecule has 0 radical (unpaired) electrons. The van der Waals surface area contributed by atoms with Gasteiger partial charge in [0.05, 0.1) is 12.6 Å². The van der Waals surface area contributed by atoms with E-state index in [0.29, 0.717) is 13.2 Å². The van der Waals surface area contributed by atoms with Gasteiger partial charge in [-0.25, -0.2) is 9.78 Å². The summed E-state index contributed by atoms with van der Waals surface area (Å²) in [5.41, 5.74) is 2.04. The average Bonchev–Trinajstić information content (AvgIpc) is 2.60. The molecule has 2 heterocycles. The number of nitrogens with zero attached hydrogens (tertiary/aromatic N) is 2. The lowest BCUT2D eigenvalue weighted by Crippen LogP contribution is -2.39. The third-order valence-electron chi connectivity index (χ3n) is 3.99. The Balaban J connectivity index is 1.58. The predicted molar refractivity (Wildman–Crippen MR) is 93.2 cm³/mol. The first-order valence-corrected chi connectivity index (χ1v) is 8.02. The summed E-state index contributed by atoms with van der Waals surface area (Å²) < 4.78 is 5.62. The molecule has 0 fully saturated rings. The highest BCUT2D eigenvalue weighted by atomic mass is 16.5. The van der Waals surface area contributed by atoms with Crippen LogP contribution in [0.15, 0.2) is 42.6 Å². The Bertz CT molecular complexity index is 718. The molecule has 0 saturated heterocycles. The summed E-state index contributed by atoms with van der Waals surface area (Å²) in [6, 6.07) is 11.5. The van der Waals surface area contributed by atoms with Gasteiger partial charge in [0.15, 0.2) is 0 Å². The van der Waals surface area contributed by atoms with E-state index < -0.39 is 0 Å². The molecule has 0 aliphatic carbocycles. The van der Waals surface area contributed by atoms with Crippen LogP contribution in [-0.2, 0) is 6.54 Å². The van der Waals surface area contributed by atoms with Gasteiger partial charge in [0.2, 0.25) is 0 Å². The van der Waals surface area contributed by atoms with Gasteiger partial charge in [0, 0.05) is 38.8 Å². The van der Waals surface area contributed by atoms with E-state index in [-0.39, 0.29) is 12.1 Å². The zero-order valence-corrected chi connectivity index (χ0v) is 14.0. The molecule has 2 amide bonds. The minimum absolute atomic E-state index is 0.0234. The molecular formula is C18H22N4O2. The van der Waals surface area contributed by atoms with Gasteiger partial charge in [-0.3, -0.25) is 0 Å². The number of para-hydroxylation sites is 1. The highest BCUT2D eigenvalue weighted by molar-refractivity contribution is 5.74. The number of ether oxygens (including phenoxy) is 1. The zero-order valence-electron chi connectivity index (χ0n) is 14.0. The topological polar surface area (TPSA) is 66.5 Å². The molecule has 6 heteroatoms. The molecule has 0 saturated carbocycles. The first-order valence-electron chi connectivity index (χ1n) is 8.02. The molecule has 1 aromatic carbocycles. The fourth-order valence-corrected chi connectivity index (χ4v) is 2.70. The standard InChI is InChI=1S/C18H22N4O2/c1-22(2)17-11-13(7-9-19-17)12-20-18(23)21-15-8-10-24-16-6-4-3-5-14(15)16/h3-7,9,11,15H,8,10,12H2,1-2H3,(H2,20,21,23)/t15-/m1/s1. The second-order valence-electron chi connectivity index (χ2n) is 5.97. The molecule has 2 N–H and O–H groups in total. The van der Waals surface area contributed by atoms with Crippen LogP contribution < -0.4 is 20.3 Å². The van der Waals surface area contributed by atoms with E-state index in [2.05, 4.69) is 15.6 Å². The number of hydrogen-bond donors (Lipinski definition) is 2. The minimum atomic E-state index is -0.181. The number of anilines is 1. The second kappa shape index (κ2) is 7.21. The Kier molecular flexibility index (Phi) is 4.84. The van der Waals surface area contributed by atoms with Crippen molar-refractivity contribution in [2.24, 2.45) is 0 Å². The van der Waals surface area contributed by atoms with Crippen molar-refractivity contribution in [3.05, 3.63) is 53.7 Å². The highest BCUT2D eigenvalue weighted by Crippen LogP contribution is 2.31. The number of hydrogen-bond acceptors (Lipinski definition) is 4. The molecule has 6 nitrogen and oxygen atoms in total. The fourth-order valence-electron chi connectivity index (χ4n) is 2.70. The third-order valence-corrected chi connectivity index (χ3v) is 3.99. The van der Waals surface area contributed by atoms with Crippen molar-refractivity contribution in [2.75, 3.05) is 25.6 Å². The van der Waals surface area contributed by atoms with Crippen LogP contribution in [0.2, 0.25) is 0 Å². The van der Waals surface area contributed by atoms with Crippen LogP contribution in [0.1, 0.15) is 23.6 Å². The Labute approximate surface area is 141 Å². The monoisotopic (exact) mass is 326 g/mol. The maximum absolute atomic E-state index is 12.2. The van der Waals surface area contributed by atoms with Crippen molar-refractivity contribution in [3.8, 4) is 5.75 Å². The molecule has 126 valence electrons. The molecule has 0 unspecified atom stereocenters. The van der Waals surface area contributed by atoms with E-state index in [4.69, 9.17) is 4.74 Å². The van der Waals surface area contributed by atoms with E-state index in [1.807, 2.05) is 55.4 Å². The lowest BCUT2D eigenvalue weighted by atomic mass is 10.0. The van der Waals surface area contributed by atoms with Crippen molar-refractivity contribution >= 4 is 11.8 Å². The van der Waals surface area contributed by atoms with E-state index in [1.165, 1.54) is 0 Å². The smallest absolute Gasteiger partial charge is 0.315 e.